The maximum atomic E-state index is 12.3. The number of nitrogens with zero attached hydrogens (tertiary/aromatic N) is 4. The van der Waals surface area contributed by atoms with E-state index in [1.165, 1.54) is 0 Å². The van der Waals surface area contributed by atoms with E-state index in [9.17, 15) is 9.90 Å². The minimum absolute atomic E-state index is 0.0603. The third-order valence-corrected chi connectivity index (χ3v) is 6.86. The molecule has 154 valence electrons. The maximum Gasteiger partial charge on any atom is 0.254 e. The molecule has 2 aromatic rings. The number of carbonyl (C=O) groups excluding carboxylic acids is 1. The van der Waals surface area contributed by atoms with Crippen LogP contribution in [0, 0.1) is 11.8 Å². The van der Waals surface area contributed by atoms with Gasteiger partial charge in [0.2, 0.25) is 0 Å². The van der Waals surface area contributed by atoms with Gasteiger partial charge in [0, 0.05) is 41.8 Å². The van der Waals surface area contributed by atoms with Crippen LogP contribution in [0.3, 0.4) is 0 Å². The summed E-state index contributed by atoms with van der Waals surface area (Å²) in [4.78, 5) is 23.8. The molecular weight excluding hydrogens is 388 g/mol. The average molecular weight is 415 g/mol. The number of primary amides is 1. The first-order chi connectivity index (χ1) is 13.8. The van der Waals surface area contributed by atoms with Gasteiger partial charge in [0.05, 0.1) is 6.20 Å². The lowest BCUT2D eigenvalue weighted by Gasteiger charge is -2.29. The Labute approximate surface area is 173 Å². The molecule has 5 N–H and O–H groups in total. The van der Waals surface area contributed by atoms with E-state index in [1.807, 2.05) is 31.7 Å². The summed E-state index contributed by atoms with van der Waals surface area (Å²) in [6, 6.07) is 0. The van der Waals surface area contributed by atoms with Crippen molar-refractivity contribution < 1.29 is 9.90 Å². The number of allylic oxidation sites excluding steroid dienone is 3. The number of hydrogen-bond acceptors (Lipinski definition) is 7. The first-order valence-electron chi connectivity index (χ1n) is 9.73. The van der Waals surface area contributed by atoms with Gasteiger partial charge >= 0.3 is 0 Å². The molecule has 2 aliphatic rings. The van der Waals surface area contributed by atoms with Crippen LogP contribution in [-0.2, 0) is 0 Å². The summed E-state index contributed by atoms with van der Waals surface area (Å²) < 4.78 is 1.73. The molecule has 1 fully saturated rings. The van der Waals surface area contributed by atoms with Crippen LogP contribution in [-0.4, -0.2) is 50.1 Å². The molecule has 9 heteroatoms. The van der Waals surface area contributed by atoms with Gasteiger partial charge in [-0.05, 0) is 18.9 Å². The molecule has 0 radical (unpaired) electrons. The Bertz CT molecular complexity index is 1050. The Kier molecular flexibility index (Phi) is 4.94. The number of rotatable bonds is 3. The molecule has 0 bridgehead atoms. The largest absolute Gasteiger partial charge is 0.508 e. The Morgan fingerprint density at radius 3 is 2.66 bits per heavy atom. The lowest BCUT2D eigenvalue weighted by molar-refractivity contribution is 0.100. The Hall–Kier alpha value is -2.68. The zero-order valence-electron chi connectivity index (χ0n) is 16.8. The van der Waals surface area contributed by atoms with Crippen LogP contribution < -0.4 is 16.4 Å². The SMILES string of the molecule is CC1=C(n2c(N)c(C(N)=O)c3nc(N4CCSCC4)cnc32)C(C)C(C)C=C1O. The van der Waals surface area contributed by atoms with Crippen LogP contribution in [0.25, 0.3) is 16.9 Å². The summed E-state index contributed by atoms with van der Waals surface area (Å²) in [5, 5.41) is 10.4. The van der Waals surface area contributed by atoms with Crippen LogP contribution in [0.4, 0.5) is 11.6 Å². The van der Waals surface area contributed by atoms with Gasteiger partial charge in [-0.1, -0.05) is 13.8 Å². The highest BCUT2D eigenvalue weighted by Gasteiger charge is 2.31. The number of aliphatic hydroxyl groups is 1. The number of amides is 1. The maximum absolute atomic E-state index is 12.3. The van der Waals surface area contributed by atoms with E-state index in [1.54, 1.807) is 10.8 Å². The summed E-state index contributed by atoms with van der Waals surface area (Å²) in [5.41, 5.74) is 14.7. The monoisotopic (exact) mass is 414 g/mol. The molecule has 2 atom stereocenters. The van der Waals surface area contributed by atoms with Crippen molar-refractivity contribution in [3.05, 3.63) is 29.2 Å². The molecule has 29 heavy (non-hydrogen) atoms. The van der Waals surface area contributed by atoms with E-state index in [0.29, 0.717) is 16.7 Å². The number of anilines is 2. The van der Waals surface area contributed by atoms with E-state index in [-0.39, 0.29) is 29.0 Å². The second-order valence-corrected chi connectivity index (χ2v) is 8.89. The van der Waals surface area contributed by atoms with Crippen molar-refractivity contribution >= 4 is 46.2 Å². The number of fused-ring (bicyclic) bond motifs is 1. The molecular formula is C20H26N6O2S. The van der Waals surface area contributed by atoms with Gasteiger partial charge in [-0.2, -0.15) is 11.8 Å². The minimum Gasteiger partial charge on any atom is -0.508 e. The lowest BCUT2D eigenvalue weighted by Crippen LogP contribution is -2.33. The van der Waals surface area contributed by atoms with Crippen molar-refractivity contribution in [3.8, 4) is 0 Å². The third-order valence-electron chi connectivity index (χ3n) is 5.92. The van der Waals surface area contributed by atoms with Crippen molar-refractivity contribution in [2.24, 2.45) is 17.6 Å². The Morgan fingerprint density at radius 2 is 2.00 bits per heavy atom. The second kappa shape index (κ2) is 7.29. The number of carbonyl (C=O) groups is 1. The van der Waals surface area contributed by atoms with E-state index in [0.717, 1.165) is 36.1 Å². The number of nitrogens with two attached hydrogens (primary N) is 2. The molecule has 2 unspecified atom stereocenters. The zero-order chi connectivity index (χ0) is 20.9. The molecule has 1 amide bonds. The fourth-order valence-corrected chi connectivity index (χ4v) is 5.00. The summed E-state index contributed by atoms with van der Waals surface area (Å²) in [6.07, 6.45) is 3.56. The fraction of sp³-hybridized carbons (Fsp3) is 0.450. The molecule has 0 aromatic carbocycles. The highest BCUT2D eigenvalue weighted by Crippen LogP contribution is 2.40. The number of aliphatic hydroxyl groups excluding tert-OH is 1. The third kappa shape index (κ3) is 3.13. The first-order valence-corrected chi connectivity index (χ1v) is 10.9. The summed E-state index contributed by atoms with van der Waals surface area (Å²) in [5.74, 6) is 2.71. The van der Waals surface area contributed by atoms with Gasteiger partial charge in [0.1, 0.15) is 28.5 Å². The number of hydrogen-bond donors (Lipinski definition) is 3. The smallest absolute Gasteiger partial charge is 0.254 e. The first kappa shape index (κ1) is 19.6. The van der Waals surface area contributed by atoms with Gasteiger partial charge in [-0.15, -0.1) is 0 Å². The molecule has 1 aliphatic carbocycles. The Balaban J connectivity index is 1.96. The van der Waals surface area contributed by atoms with Gasteiger partial charge in [0.15, 0.2) is 5.65 Å². The average Bonchev–Trinajstić information content (AvgIpc) is 2.99. The topological polar surface area (TPSA) is 123 Å². The molecule has 3 heterocycles. The normalized spacial score (nSPS) is 22.9. The van der Waals surface area contributed by atoms with E-state index in [2.05, 4.69) is 16.8 Å². The van der Waals surface area contributed by atoms with Crippen molar-refractivity contribution in [2.75, 3.05) is 35.2 Å². The van der Waals surface area contributed by atoms with Gasteiger partial charge < -0.3 is 21.5 Å². The molecule has 0 saturated carbocycles. The van der Waals surface area contributed by atoms with Crippen molar-refractivity contribution in [1.82, 2.24) is 14.5 Å². The highest BCUT2D eigenvalue weighted by molar-refractivity contribution is 7.99. The van der Waals surface area contributed by atoms with E-state index in [4.69, 9.17) is 16.5 Å². The highest BCUT2D eigenvalue weighted by atomic mass is 32.2. The second-order valence-electron chi connectivity index (χ2n) is 7.67. The number of thioether (sulfide) groups is 1. The summed E-state index contributed by atoms with van der Waals surface area (Å²) in [6.45, 7) is 7.69. The fourth-order valence-electron chi connectivity index (χ4n) is 4.10. The molecule has 1 aliphatic heterocycles. The summed E-state index contributed by atoms with van der Waals surface area (Å²) >= 11 is 1.91. The van der Waals surface area contributed by atoms with Crippen LogP contribution >= 0.6 is 11.8 Å². The predicted octanol–water partition coefficient (Wildman–Crippen LogP) is 2.62. The van der Waals surface area contributed by atoms with E-state index < -0.39 is 5.91 Å². The molecule has 4 rings (SSSR count). The lowest BCUT2D eigenvalue weighted by atomic mass is 9.84. The van der Waals surface area contributed by atoms with Gasteiger partial charge in [-0.25, -0.2) is 9.97 Å². The molecule has 1 saturated heterocycles. The Morgan fingerprint density at radius 1 is 1.31 bits per heavy atom. The van der Waals surface area contributed by atoms with Crippen molar-refractivity contribution in [2.45, 2.75) is 20.8 Å². The minimum atomic E-state index is -0.638. The molecule has 8 nitrogen and oxygen atoms in total. The van der Waals surface area contributed by atoms with Crippen molar-refractivity contribution in [3.63, 3.8) is 0 Å². The quantitative estimate of drug-likeness (QED) is 0.705. The summed E-state index contributed by atoms with van der Waals surface area (Å²) in [7, 11) is 0. The number of nitrogen functional groups attached to an aromatic ring is 1. The van der Waals surface area contributed by atoms with Crippen LogP contribution in [0.15, 0.2) is 23.6 Å². The van der Waals surface area contributed by atoms with Gasteiger partial charge in [-0.3, -0.25) is 9.36 Å². The van der Waals surface area contributed by atoms with Crippen LogP contribution in [0.1, 0.15) is 31.1 Å². The number of aromatic nitrogens is 3. The standard InChI is InChI=1S/C20H26N6O2S/c1-10-8-13(27)12(3)17(11(10)2)26-18(21)15(19(22)28)16-20(26)23-9-14(24-16)25-4-6-29-7-5-25/h8-11,27H,4-7,21H2,1-3H3,(H2,22,28). The zero-order valence-corrected chi connectivity index (χ0v) is 17.7. The molecule has 2 aromatic heterocycles. The molecule has 0 spiro atoms. The van der Waals surface area contributed by atoms with Crippen molar-refractivity contribution in [1.29, 1.82) is 0 Å². The van der Waals surface area contributed by atoms with Crippen LogP contribution in [0.2, 0.25) is 0 Å². The predicted molar refractivity (Wildman–Crippen MR) is 118 cm³/mol. The van der Waals surface area contributed by atoms with Crippen LogP contribution in [0.5, 0.6) is 0 Å². The van der Waals surface area contributed by atoms with E-state index >= 15 is 0 Å². The van der Waals surface area contributed by atoms with Gasteiger partial charge in [0.25, 0.3) is 5.91 Å².